The van der Waals surface area contributed by atoms with Crippen LogP contribution in [-0.2, 0) is 17.9 Å². The monoisotopic (exact) mass is 379 g/mol. The van der Waals surface area contributed by atoms with Gasteiger partial charge in [0.05, 0.1) is 16.5 Å². The summed E-state index contributed by atoms with van der Waals surface area (Å²) in [7, 11) is 0. The van der Waals surface area contributed by atoms with E-state index in [2.05, 4.69) is 4.90 Å². The van der Waals surface area contributed by atoms with Crippen LogP contribution in [0, 0.1) is 5.92 Å². The Hall–Kier alpha value is -1.75. The minimum Gasteiger partial charge on any atom is -0.489 e. The van der Waals surface area contributed by atoms with E-state index in [0.29, 0.717) is 16.7 Å². The maximum Gasteiger partial charge on any atom is 0.303 e. The fourth-order valence-corrected chi connectivity index (χ4v) is 3.25. The molecule has 4 nitrogen and oxygen atoms in total. The van der Waals surface area contributed by atoms with E-state index in [1.165, 1.54) is 5.56 Å². The molecule has 1 fully saturated rings. The summed E-state index contributed by atoms with van der Waals surface area (Å²) < 4.78 is 5.77. The van der Waals surface area contributed by atoms with Gasteiger partial charge in [0.1, 0.15) is 12.4 Å². The van der Waals surface area contributed by atoms with Gasteiger partial charge in [0.15, 0.2) is 0 Å². The van der Waals surface area contributed by atoms with Crippen molar-refractivity contribution in [2.45, 2.75) is 19.6 Å². The first-order valence-electron chi connectivity index (χ1n) is 8.09. The van der Waals surface area contributed by atoms with E-state index >= 15 is 0 Å². The Morgan fingerprint density at radius 2 is 1.76 bits per heavy atom. The SMILES string of the molecule is O=C(O)CC1CN(Cc2ccc(OCc3ccc(Cl)c(Cl)c3)cc2)C1. The summed E-state index contributed by atoms with van der Waals surface area (Å²) in [5.74, 6) is 0.363. The number of aliphatic carboxylic acids is 1. The van der Waals surface area contributed by atoms with Gasteiger partial charge in [-0.25, -0.2) is 0 Å². The Labute approximate surface area is 156 Å². The van der Waals surface area contributed by atoms with Gasteiger partial charge in [-0.3, -0.25) is 9.69 Å². The molecule has 0 aliphatic carbocycles. The lowest BCUT2D eigenvalue weighted by atomic mass is 9.96. The molecule has 0 saturated carbocycles. The number of carboxylic acid groups (broad SMARTS) is 1. The van der Waals surface area contributed by atoms with E-state index < -0.39 is 5.97 Å². The minimum absolute atomic E-state index is 0.262. The molecule has 132 valence electrons. The van der Waals surface area contributed by atoms with Crippen LogP contribution in [0.1, 0.15) is 17.5 Å². The average Bonchev–Trinajstić information content (AvgIpc) is 2.55. The van der Waals surface area contributed by atoms with Crippen molar-refractivity contribution in [3.63, 3.8) is 0 Å². The number of halogens is 2. The summed E-state index contributed by atoms with van der Waals surface area (Å²) in [5, 5.41) is 9.83. The summed E-state index contributed by atoms with van der Waals surface area (Å²) in [6, 6.07) is 13.4. The second-order valence-electron chi connectivity index (χ2n) is 6.34. The number of carboxylic acids is 1. The van der Waals surface area contributed by atoms with Gasteiger partial charge in [0.25, 0.3) is 0 Å². The molecule has 0 radical (unpaired) electrons. The molecule has 0 spiro atoms. The topological polar surface area (TPSA) is 49.8 Å². The Balaban J connectivity index is 1.46. The van der Waals surface area contributed by atoms with Crippen LogP contribution in [0.4, 0.5) is 0 Å². The van der Waals surface area contributed by atoms with Crippen molar-refractivity contribution in [3.05, 3.63) is 63.6 Å². The van der Waals surface area contributed by atoms with Crippen molar-refractivity contribution in [3.8, 4) is 5.75 Å². The number of likely N-dealkylation sites (tertiary alicyclic amines) is 1. The van der Waals surface area contributed by atoms with Gasteiger partial charge in [-0.05, 0) is 41.3 Å². The highest BCUT2D eigenvalue weighted by Crippen LogP contribution is 2.24. The lowest BCUT2D eigenvalue weighted by Crippen LogP contribution is -2.46. The molecule has 0 atom stereocenters. The third kappa shape index (κ3) is 5.11. The molecule has 1 heterocycles. The highest BCUT2D eigenvalue weighted by molar-refractivity contribution is 6.42. The first-order chi connectivity index (χ1) is 12.0. The summed E-state index contributed by atoms with van der Waals surface area (Å²) >= 11 is 11.9. The molecule has 0 unspecified atom stereocenters. The highest BCUT2D eigenvalue weighted by Gasteiger charge is 2.28. The first-order valence-corrected chi connectivity index (χ1v) is 8.85. The van der Waals surface area contributed by atoms with E-state index in [-0.39, 0.29) is 12.3 Å². The van der Waals surface area contributed by atoms with Gasteiger partial charge in [0, 0.05) is 19.6 Å². The number of nitrogens with zero attached hydrogens (tertiary/aromatic N) is 1. The van der Waals surface area contributed by atoms with Crippen LogP contribution in [0.25, 0.3) is 0 Å². The summed E-state index contributed by atoms with van der Waals surface area (Å²) in [6.45, 7) is 2.96. The number of ether oxygens (including phenoxy) is 1. The summed E-state index contributed by atoms with van der Waals surface area (Å²) in [4.78, 5) is 12.9. The molecule has 1 N–H and O–H groups in total. The zero-order valence-electron chi connectivity index (χ0n) is 13.6. The van der Waals surface area contributed by atoms with E-state index in [0.717, 1.165) is 30.9 Å². The van der Waals surface area contributed by atoms with Crippen LogP contribution >= 0.6 is 23.2 Å². The van der Waals surface area contributed by atoms with Crippen molar-refractivity contribution in [1.29, 1.82) is 0 Å². The van der Waals surface area contributed by atoms with E-state index in [1.54, 1.807) is 12.1 Å². The summed E-state index contributed by atoms with van der Waals surface area (Å²) in [6.07, 6.45) is 0.262. The quantitative estimate of drug-likeness (QED) is 0.770. The smallest absolute Gasteiger partial charge is 0.303 e. The van der Waals surface area contributed by atoms with E-state index in [1.807, 2.05) is 30.3 Å². The molecule has 0 aromatic heterocycles. The van der Waals surface area contributed by atoms with Crippen LogP contribution in [0.5, 0.6) is 5.75 Å². The lowest BCUT2D eigenvalue weighted by molar-refractivity contribution is -0.139. The number of carbonyl (C=O) groups is 1. The average molecular weight is 380 g/mol. The van der Waals surface area contributed by atoms with Crippen LogP contribution in [0.15, 0.2) is 42.5 Å². The van der Waals surface area contributed by atoms with Crippen LogP contribution in [0.2, 0.25) is 10.0 Å². The molecule has 6 heteroatoms. The number of rotatable bonds is 7. The minimum atomic E-state index is -0.715. The number of hydrogen-bond acceptors (Lipinski definition) is 3. The van der Waals surface area contributed by atoms with E-state index in [9.17, 15) is 4.79 Å². The molecule has 1 saturated heterocycles. The predicted molar refractivity (Wildman–Crippen MR) is 98.3 cm³/mol. The molecule has 1 aliphatic rings. The second kappa shape index (κ2) is 8.09. The van der Waals surface area contributed by atoms with Crippen molar-refractivity contribution in [1.82, 2.24) is 4.90 Å². The predicted octanol–water partition coefficient (Wildman–Crippen LogP) is 4.48. The van der Waals surface area contributed by atoms with Gasteiger partial charge < -0.3 is 9.84 Å². The molecule has 25 heavy (non-hydrogen) atoms. The fraction of sp³-hybridized carbons (Fsp3) is 0.316. The molecule has 2 aromatic rings. The molecule has 1 aliphatic heterocycles. The Bertz CT molecular complexity index is 743. The van der Waals surface area contributed by atoms with Crippen molar-refractivity contribution < 1.29 is 14.6 Å². The van der Waals surface area contributed by atoms with Gasteiger partial charge in [-0.2, -0.15) is 0 Å². The van der Waals surface area contributed by atoms with Crippen LogP contribution in [0.3, 0.4) is 0 Å². The number of hydrogen-bond donors (Lipinski definition) is 1. The lowest BCUT2D eigenvalue weighted by Gasteiger charge is -2.38. The zero-order chi connectivity index (χ0) is 17.8. The second-order valence-corrected chi connectivity index (χ2v) is 7.15. The van der Waals surface area contributed by atoms with Crippen molar-refractivity contribution >= 4 is 29.2 Å². The van der Waals surface area contributed by atoms with Gasteiger partial charge in [0.2, 0.25) is 0 Å². The molecule has 3 rings (SSSR count). The normalized spacial score (nSPS) is 15.0. The summed E-state index contributed by atoms with van der Waals surface area (Å²) in [5.41, 5.74) is 2.15. The van der Waals surface area contributed by atoms with E-state index in [4.69, 9.17) is 33.0 Å². The maximum absolute atomic E-state index is 10.7. The van der Waals surface area contributed by atoms with Crippen LogP contribution in [-0.4, -0.2) is 29.1 Å². The largest absolute Gasteiger partial charge is 0.489 e. The third-order valence-electron chi connectivity index (χ3n) is 4.22. The van der Waals surface area contributed by atoms with Gasteiger partial charge in [-0.1, -0.05) is 41.4 Å². The molecule has 2 aromatic carbocycles. The third-order valence-corrected chi connectivity index (χ3v) is 4.95. The van der Waals surface area contributed by atoms with Crippen molar-refractivity contribution in [2.24, 2.45) is 5.92 Å². The first kappa shape index (κ1) is 18.1. The zero-order valence-corrected chi connectivity index (χ0v) is 15.1. The Kier molecular flexibility index (Phi) is 5.84. The standard InChI is InChI=1S/C19H19Cl2NO3/c20-17-6-3-14(7-18(17)21)12-25-16-4-1-13(2-5-16)9-22-10-15(11-22)8-19(23)24/h1-7,15H,8-12H2,(H,23,24). The van der Waals surface area contributed by atoms with Gasteiger partial charge in [-0.15, -0.1) is 0 Å². The van der Waals surface area contributed by atoms with Crippen molar-refractivity contribution in [2.75, 3.05) is 13.1 Å². The molecular weight excluding hydrogens is 361 g/mol. The number of benzene rings is 2. The van der Waals surface area contributed by atoms with Crippen LogP contribution < -0.4 is 4.74 Å². The molecular formula is C19H19Cl2NO3. The fourth-order valence-electron chi connectivity index (χ4n) is 2.93. The Morgan fingerprint density at radius 1 is 1.08 bits per heavy atom. The maximum atomic E-state index is 10.7. The molecule has 0 amide bonds. The molecule has 0 bridgehead atoms. The Morgan fingerprint density at radius 3 is 2.40 bits per heavy atom. The van der Waals surface area contributed by atoms with Gasteiger partial charge >= 0.3 is 5.97 Å². The highest BCUT2D eigenvalue weighted by atomic mass is 35.5.